The molecule has 0 aliphatic carbocycles. The highest BCUT2D eigenvalue weighted by Gasteiger charge is 2.07. The highest BCUT2D eigenvalue weighted by molar-refractivity contribution is 5.29. The summed E-state index contributed by atoms with van der Waals surface area (Å²) in [5.74, 6) is -0.765. The Morgan fingerprint density at radius 2 is 2.00 bits per heavy atom. The van der Waals surface area contributed by atoms with E-state index >= 15 is 0 Å². The van der Waals surface area contributed by atoms with Crippen molar-refractivity contribution in [3.8, 4) is 11.8 Å². The molecule has 0 N–H and O–H groups in total. The summed E-state index contributed by atoms with van der Waals surface area (Å²) in [5, 5.41) is 0. The monoisotopic (exact) mass is 280 g/mol. The average Bonchev–Trinajstić information content (AvgIpc) is 2.46. The van der Waals surface area contributed by atoms with Crippen molar-refractivity contribution in [2.75, 3.05) is 7.11 Å². The maximum absolute atomic E-state index is 13.5. The van der Waals surface area contributed by atoms with Crippen molar-refractivity contribution in [2.45, 2.75) is 20.0 Å². The molecule has 106 valence electrons. The van der Waals surface area contributed by atoms with Crippen LogP contribution in [0.4, 0.5) is 8.78 Å². The van der Waals surface area contributed by atoms with Crippen molar-refractivity contribution < 1.29 is 18.3 Å². The topological polar surface area (TPSA) is 44.2 Å². The summed E-state index contributed by atoms with van der Waals surface area (Å²) in [6, 6.07) is 4.56. The van der Waals surface area contributed by atoms with E-state index in [0.717, 1.165) is 6.20 Å². The predicted molar refractivity (Wildman–Crippen MR) is 68.7 cm³/mol. The smallest absolute Gasteiger partial charge is 0.317 e. The van der Waals surface area contributed by atoms with Gasteiger partial charge in [0.2, 0.25) is 0 Å². The van der Waals surface area contributed by atoms with Crippen molar-refractivity contribution in [1.82, 2.24) is 9.97 Å². The molecule has 0 amide bonds. The molecule has 20 heavy (non-hydrogen) atoms. The first-order valence-electron chi connectivity index (χ1n) is 6.10. The lowest BCUT2D eigenvalue weighted by Crippen LogP contribution is -2.03. The lowest BCUT2D eigenvalue weighted by atomic mass is 10.2. The van der Waals surface area contributed by atoms with Gasteiger partial charge in [0.05, 0.1) is 19.0 Å². The van der Waals surface area contributed by atoms with Crippen LogP contribution in [0.5, 0.6) is 11.8 Å². The summed E-state index contributed by atoms with van der Waals surface area (Å²) in [4.78, 5) is 7.67. The second-order valence-corrected chi connectivity index (χ2v) is 4.06. The van der Waals surface area contributed by atoms with E-state index in [1.807, 2.05) is 0 Å². The van der Waals surface area contributed by atoms with Crippen molar-refractivity contribution in [3.05, 3.63) is 47.3 Å². The molecular formula is C14H14F2N2O2. The molecule has 6 heteroatoms. The van der Waals surface area contributed by atoms with Crippen LogP contribution in [0.1, 0.15) is 18.2 Å². The van der Waals surface area contributed by atoms with Gasteiger partial charge in [-0.3, -0.25) is 0 Å². The molecule has 2 aromatic rings. The molecular weight excluding hydrogens is 266 g/mol. The molecule has 0 aliphatic heterocycles. The molecule has 0 unspecified atom stereocenters. The van der Waals surface area contributed by atoms with Gasteiger partial charge in [-0.25, -0.2) is 13.8 Å². The maximum atomic E-state index is 13.5. The number of aromatic nitrogens is 2. The van der Waals surface area contributed by atoms with Gasteiger partial charge in [0, 0.05) is 0 Å². The van der Waals surface area contributed by atoms with Gasteiger partial charge in [-0.1, -0.05) is 13.0 Å². The van der Waals surface area contributed by atoms with Gasteiger partial charge in [-0.15, -0.1) is 0 Å². The van der Waals surface area contributed by atoms with Crippen LogP contribution < -0.4 is 9.47 Å². The molecule has 0 fully saturated rings. The second kappa shape index (κ2) is 6.27. The second-order valence-electron chi connectivity index (χ2n) is 4.06. The summed E-state index contributed by atoms with van der Waals surface area (Å²) in [6.07, 6.45) is 1.51. The fraction of sp³-hybridized carbons (Fsp3) is 0.286. The Balaban J connectivity index is 2.07. The molecule has 0 spiro atoms. The molecule has 0 bridgehead atoms. The fourth-order valence-electron chi connectivity index (χ4n) is 1.65. The van der Waals surface area contributed by atoms with Crippen LogP contribution in [0, 0.1) is 11.6 Å². The first-order chi connectivity index (χ1) is 9.63. The number of hydrogen-bond acceptors (Lipinski definition) is 4. The Kier molecular flexibility index (Phi) is 4.45. The van der Waals surface area contributed by atoms with Gasteiger partial charge in [0.1, 0.15) is 6.61 Å². The Morgan fingerprint density at radius 3 is 2.65 bits per heavy atom. The van der Waals surface area contributed by atoms with Crippen molar-refractivity contribution in [2.24, 2.45) is 0 Å². The molecule has 1 aromatic heterocycles. The predicted octanol–water partition coefficient (Wildman–Crippen LogP) is 2.90. The van der Waals surface area contributed by atoms with E-state index in [-0.39, 0.29) is 24.1 Å². The molecule has 1 heterocycles. The number of halogens is 2. The standard InChI is InChI=1S/C14H14F2N2O2/c1-3-12-11(16)7-17-14(18-12)20-8-9-4-5-13(19-2)10(15)6-9/h4-7H,3,8H2,1-2H3. The van der Waals surface area contributed by atoms with E-state index in [4.69, 9.17) is 9.47 Å². The Labute approximate surface area is 115 Å². The highest BCUT2D eigenvalue weighted by Crippen LogP contribution is 2.18. The van der Waals surface area contributed by atoms with Crippen LogP contribution in [0.15, 0.2) is 24.4 Å². The van der Waals surface area contributed by atoms with Gasteiger partial charge in [-0.2, -0.15) is 4.98 Å². The van der Waals surface area contributed by atoms with E-state index < -0.39 is 11.6 Å². The third kappa shape index (κ3) is 3.20. The van der Waals surface area contributed by atoms with Gasteiger partial charge in [0.15, 0.2) is 17.4 Å². The lowest BCUT2D eigenvalue weighted by Gasteiger charge is -2.07. The van der Waals surface area contributed by atoms with Crippen molar-refractivity contribution in [1.29, 1.82) is 0 Å². The normalized spacial score (nSPS) is 10.4. The van der Waals surface area contributed by atoms with Gasteiger partial charge in [0.25, 0.3) is 0 Å². The molecule has 4 nitrogen and oxygen atoms in total. The van der Waals surface area contributed by atoms with Crippen LogP contribution in [-0.2, 0) is 13.0 Å². The molecule has 0 saturated heterocycles. The summed E-state index contributed by atoms with van der Waals surface area (Å²) in [7, 11) is 1.40. The SMILES string of the molecule is CCc1nc(OCc2ccc(OC)c(F)c2)ncc1F. The number of benzene rings is 1. The number of methoxy groups -OCH3 is 1. The van der Waals surface area contributed by atoms with Crippen LogP contribution >= 0.6 is 0 Å². The highest BCUT2D eigenvalue weighted by atomic mass is 19.1. The first-order valence-corrected chi connectivity index (χ1v) is 6.10. The van der Waals surface area contributed by atoms with Crippen LogP contribution in [0.2, 0.25) is 0 Å². The maximum Gasteiger partial charge on any atom is 0.317 e. The number of nitrogens with zero attached hydrogens (tertiary/aromatic N) is 2. The van der Waals surface area contributed by atoms with Gasteiger partial charge >= 0.3 is 6.01 Å². The minimum Gasteiger partial charge on any atom is -0.494 e. The van der Waals surface area contributed by atoms with Crippen molar-refractivity contribution >= 4 is 0 Å². The minimum absolute atomic E-state index is 0.0690. The molecule has 0 atom stereocenters. The zero-order valence-electron chi connectivity index (χ0n) is 11.2. The van der Waals surface area contributed by atoms with Crippen LogP contribution in [0.3, 0.4) is 0 Å². The average molecular weight is 280 g/mol. The third-order valence-corrected chi connectivity index (χ3v) is 2.71. The Morgan fingerprint density at radius 1 is 1.20 bits per heavy atom. The van der Waals surface area contributed by atoms with Gasteiger partial charge < -0.3 is 9.47 Å². The molecule has 0 aliphatic rings. The summed E-state index contributed by atoms with van der Waals surface area (Å²) >= 11 is 0. The first kappa shape index (κ1) is 14.2. The fourth-order valence-corrected chi connectivity index (χ4v) is 1.65. The number of aryl methyl sites for hydroxylation is 1. The molecule has 2 rings (SSSR count). The van der Waals surface area contributed by atoms with Crippen LogP contribution in [0.25, 0.3) is 0 Å². The minimum atomic E-state index is -0.470. The molecule has 1 aromatic carbocycles. The van der Waals surface area contributed by atoms with Crippen LogP contribution in [-0.4, -0.2) is 17.1 Å². The van der Waals surface area contributed by atoms with E-state index in [1.165, 1.54) is 19.2 Å². The largest absolute Gasteiger partial charge is 0.494 e. The van der Waals surface area contributed by atoms with E-state index in [2.05, 4.69) is 9.97 Å². The molecule has 0 radical (unpaired) electrons. The summed E-state index contributed by atoms with van der Waals surface area (Å²) in [5.41, 5.74) is 0.894. The summed E-state index contributed by atoms with van der Waals surface area (Å²) in [6.45, 7) is 1.88. The number of rotatable bonds is 5. The van der Waals surface area contributed by atoms with Crippen molar-refractivity contribution in [3.63, 3.8) is 0 Å². The third-order valence-electron chi connectivity index (χ3n) is 2.71. The quantitative estimate of drug-likeness (QED) is 0.844. The molecule has 0 saturated carbocycles. The zero-order valence-corrected chi connectivity index (χ0v) is 11.2. The van der Waals surface area contributed by atoms with E-state index in [0.29, 0.717) is 12.0 Å². The number of hydrogen-bond donors (Lipinski definition) is 0. The Hall–Kier alpha value is -2.24. The lowest BCUT2D eigenvalue weighted by molar-refractivity contribution is 0.277. The number of ether oxygens (including phenoxy) is 2. The zero-order chi connectivity index (χ0) is 14.5. The van der Waals surface area contributed by atoms with E-state index in [9.17, 15) is 8.78 Å². The van der Waals surface area contributed by atoms with E-state index in [1.54, 1.807) is 13.0 Å². The summed E-state index contributed by atoms with van der Waals surface area (Å²) < 4.78 is 36.9. The van der Waals surface area contributed by atoms with Gasteiger partial charge in [-0.05, 0) is 24.1 Å². The Bertz CT molecular complexity index is 606.